The van der Waals surface area contributed by atoms with E-state index in [0.717, 1.165) is 5.69 Å². The molecule has 0 aromatic carbocycles. The van der Waals surface area contributed by atoms with E-state index < -0.39 is 19.8 Å². The van der Waals surface area contributed by atoms with Gasteiger partial charge in [-0.1, -0.05) is 25.9 Å². The van der Waals surface area contributed by atoms with E-state index in [1.807, 2.05) is 26.8 Å². The third-order valence-corrected chi connectivity index (χ3v) is 7.92. The first kappa shape index (κ1) is 20.1. The molecule has 1 fully saturated rings. The Morgan fingerprint density at radius 2 is 1.80 bits per heavy atom. The van der Waals surface area contributed by atoms with Crippen molar-refractivity contribution in [3.05, 3.63) is 17.5 Å². The van der Waals surface area contributed by atoms with Gasteiger partial charge in [0, 0.05) is 37.5 Å². The monoisotopic (exact) mass is 371 g/mol. The van der Waals surface area contributed by atoms with Crippen molar-refractivity contribution in [3.8, 4) is 0 Å². The van der Waals surface area contributed by atoms with Crippen LogP contribution in [0.2, 0.25) is 0 Å². The first-order valence-corrected chi connectivity index (χ1v) is 10.3. The van der Waals surface area contributed by atoms with Crippen LogP contribution in [-0.4, -0.2) is 42.6 Å². The molecule has 0 amide bonds. The number of aromatic nitrogens is 1. The molecule has 0 bridgehead atoms. The molecule has 6 nitrogen and oxygen atoms in total. The van der Waals surface area contributed by atoms with Crippen molar-refractivity contribution in [1.29, 1.82) is 0 Å². The van der Waals surface area contributed by atoms with Gasteiger partial charge in [-0.25, -0.2) is 8.42 Å². The Balaban J connectivity index is 2.04. The predicted octanol–water partition coefficient (Wildman–Crippen LogP) is 2.85. The molecule has 1 aromatic rings. The number of ketones is 1. The molecular formula is C18H29NO5S. The summed E-state index contributed by atoms with van der Waals surface area (Å²) < 4.78 is 34.9. The number of ether oxygens (including phenoxy) is 1. The number of sulfone groups is 1. The second kappa shape index (κ2) is 7.19. The van der Waals surface area contributed by atoms with Crippen LogP contribution in [0, 0.1) is 0 Å². The molecule has 0 aliphatic carbocycles. The second-order valence-corrected chi connectivity index (χ2v) is 11.0. The molecule has 25 heavy (non-hydrogen) atoms. The number of carbonyl (C=O) groups excluding carboxylic acids is 1. The van der Waals surface area contributed by atoms with Gasteiger partial charge < -0.3 is 9.26 Å². The van der Waals surface area contributed by atoms with Crippen LogP contribution >= 0.6 is 0 Å². The number of aryl methyl sites for hydroxylation is 1. The van der Waals surface area contributed by atoms with E-state index in [0.29, 0.717) is 38.2 Å². The van der Waals surface area contributed by atoms with Gasteiger partial charge in [0.15, 0.2) is 15.6 Å². The molecule has 1 saturated heterocycles. The van der Waals surface area contributed by atoms with Crippen LogP contribution < -0.4 is 0 Å². The predicted molar refractivity (Wildman–Crippen MR) is 95.4 cm³/mol. The summed E-state index contributed by atoms with van der Waals surface area (Å²) in [6.45, 7) is 9.99. The summed E-state index contributed by atoms with van der Waals surface area (Å²) in [5, 5.41) is 3.53. The van der Waals surface area contributed by atoms with Crippen molar-refractivity contribution in [2.75, 3.05) is 13.2 Å². The van der Waals surface area contributed by atoms with E-state index in [-0.39, 0.29) is 17.6 Å². The summed E-state index contributed by atoms with van der Waals surface area (Å²) in [5.74, 6) is 0.324. The minimum Gasteiger partial charge on any atom is -0.381 e. The Labute approximate surface area is 150 Å². The van der Waals surface area contributed by atoms with Crippen molar-refractivity contribution in [1.82, 2.24) is 5.16 Å². The maximum atomic E-state index is 12.9. The second-order valence-electron chi connectivity index (χ2n) is 8.22. The number of Topliss-reactive ketones (excluding diaryl/α,β-unsaturated/α-hetero) is 1. The van der Waals surface area contributed by atoms with Crippen LogP contribution in [0.1, 0.15) is 65.3 Å². The molecular weight excluding hydrogens is 342 g/mol. The third kappa shape index (κ3) is 4.31. The number of hydrogen-bond donors (Lipinski definition) is 0. The molecule has 0 saturated carbocycles. The zero-order valence-electron chi connectivity index (χ0n) is 15.8. The highest BCUT2D eigenvalue weighted by molar-refractivity contribution is 7.94. The number of carbonyl (C=O) groups is 1. The van der Waals surface area contributed by atoms with Crippen molar-refractivity contribution in [3.63, 3.8) is 0 Å². The van der Waals surface area contributed by atoms with Crippen LogP contribution in [-0.2, 0) is 31.2 Å². The fourth-order valence-corrected chi connectivity index (χ4v) is 4.95. The molecule has 0 N–H and O–H groups in total. The Kier molecular flexibility index (Phi) is 5.78. The average molecular weight is 371 g/mol. The van der Waals surface area contributed by atoms with Crippen molar-refractivity contribution in [2.24, 2.45) is 0 Å². The number of hydrogen-bond acceptors (Lipinski definition) is 6. The Hall–Kier alpha value is -1.21. The molecule has 1 aliphatic heterocycles. The van der Waals surface area contributed by atoms with E-state index in [2.05, 4.69) is 5.16 Å². The standard InChI is InChI=1S/C18H29NO5S/c1-17(2,3)15-12-13(24-19-15)6-7-16(20)18(4,5)25(21,22)14-8-10-23-11-9-14/h12,14H,6-11H2,1-5H3. The minimum atomic E-state index is -3.56. The van der Waals surface area contributed by atoms with E-state index in [1.54, 1.807) is 0 Å². The minimum absolute atomic E-state index is 0.119. The topological polar surface area (TPSA) is 86.5 Å². The fraction of sp³-hybridized carbons (Fsp3) is 0.778. The average Bonchev–Trinajstić information content (AvgIpc) is 3.02. The van der Waals surface area contributed by atoms with Crippen LogP contribution in [0.25, 0.3) is 0 Å². The van der Waals surface area contributed by atoms with Gasteiger partial charge in [0.2, 0.25) is 0 Å². The van der Waals surface area contributed by atoms with Gasteiger partial charge >= 0.3 is 0 Å². The van der Waals surface area contributed by atoms with Crippen molar-refractivity contribution < 1.29 is 22.5 Å². The highest BCUT2D eigenvalue weighted by Gasteiger charge is 2.45. The summed E-state index contributed by atoms with van der Waals surface area (Å²) in [5.41, 5.74) is 0.696. The van der Waals surface area contributed by atoms with E-state index in [4.69, 9.17) is 9.26 Å². The van der Waals surface area contributed by atoms with Crippen LogP contribution in [0.3, 0.4) is 0 Å². The summed E-state index contributed by atoms with van der Waals surface area (Å²) >= 11 is 0. The molecule has 2 heterocycles. The van der Waals surface area contributed by atoms with Gasteiger partial charge in [-0.15, -0.1) is 0 Å². The summed E-state index contributed by atoms with van der Waals surface area (Å²) in [6.07, 6.45) is 1.38. The molecule has 142 valence electrons. The Morgan fingerprint density at radius 1 is 1.20 bits per heavy atom. The van der Waals surface area contributed by atoms with Gasteiger partial charge in [0.25, 0.3) is 0 Å². The normalized spacial score (nSPS) is 17.6. The lowest BCUT2D eigenvalue weighted by molar-refractivity contribution is -0.120. The van der Waals surface area contributed by atoms with Gasteiger partial charge in [0.05, 0.1) is 10.9 Å². The van der Waals surface area contributed by atoms with E-state index >= 15 is 0 Å². The molecule has 0 unspecified atom stereocenters. The lowest BCUT2D eigenvalue weighted by Crippen LogP contribution is -2.47. The molecule has 0 spiro atoms. The van der Waals surface area contributed by atoms with Crippen molar-refractivity contribution in [2.45, 2.75) is 75.7 Å². The smallest absolute Gasteiger partial charge is 0.165 e. The largest absolute Gasteiger partial charge is 0.381 e. The van der Waals surface area contributed by atoms with Crippen LogP contribution in [0.5, 0.6) is 0 Å². The van der Waals surface area contributed by atoms with Gasteiger partial charge in [0.1, 0.15) is 10.5 Å². The molecule has 0 radical (unpaired) electrons. The lowest BCUT2D eigenvalue weighted by atomic mass is 9.92. The highest BCUT2D eigenvalue weighted by Crippen LogP contribution is 2.30. The van der Waals surface area contributed by atoms with Gasteiger partial charge in [-0.2, -0.15) is 0 Å². The molecule has 0 atom stereocenters. The molecule has 7 heteroatoms. The van der Waals surface area contributed by atoms with Crippen LogP contribution in [0.15, 0.2) is 10.6 Å². The summed E-state index contributed by atoms with van der Waals surface area (Å²) in [7, 11) is -3.56. The number of nitrogens with zero attached hydrogens (tertiary/aromatic N) is 1. The number of rotatable bonds is 6. The molecule has 1 aromatic heterocycles. The fourth-order valence-electron chi connectivity index (χ4n) is 2.88. The summed E-state index contributed by atoms with van der Waals surface area (Å²) in [6, 6.07) is 1.84. The van der Waals surface area contributed by atoms with Crippen molar-refractivity contribution >= 4 is 15.6 Å². The molecule has 1 aliphatic rings. The van der Waals surface area contributed by atoms with Gasteiger partial charge in [-0.05, 0) is 26.7 Å². The first-order chi connectivity index (χ1) is 11.5. The Bertz CT molecular complexity index is 706. The SMILES string of the molecule is CC(C)(C)c1cc(CCC(=O)C(C)(C)S(=O)(=O)C2CCOCC2)on1. The molecule has 2 rings (SSSR count). The zero-order valence-corrected chi connectivity index (χ0v) is 16.6. The van der Waals surface area contributed by atoms with Crippen LogP contribution in [0.4, 0.5) is 0 Å². The van der Waals surface area contributed by atoms with E-state index in [1.165, 1.54) is 13.8 Å². The summed E-state index contributed by atoms with van der Waals surface area (Å²) in [4.78, 5) is 12.7. The quantitative estimate of drug-likeness (QED) is 0.764. The maximum Gasteiger partial charge on any atom is 0.165 e. The first-order valence-electron chi connectivity index (χ1n) is 8.77. The highest BCUT2D eigenvalue weighted by atomic mass is 32.2. The third-order valence-electron chi connectivity index (χ3n) is 4.92. The zero-order chi connectivity index (χ0) is 18.9. The lowest BCUT2D eigenvalue weighted by Gasteiger charge is -2.31. The van der Waals surface area contributed by atoms with Gasteiger partial charge in [-0.3, -0.25) is 4.79 Å². The maximum absolute atomic E-state index is 12.9. The Morgan fingerprint density at radius 3 is 2.32 bits per heavy atom. The van der Waals surface area contributed by atoms with E-state index in [9.17, 15) is 13.2 Å².